The highest BCUT2D eigenvalue weighted by Crippen LogP contribution is 2.13. The number of halogens is 1. The number of para-hydroxylation sites is 1. The Labute approximate surface area is 149 Å². The van der Waals surface area contributed by atoms with Crippen molar-refractivity contribution in [3.63, 3.8) is 0 Å². The van der Waals surface area contributed by atoms with Crippen LogP contribution in [0, 0.1) is 6.92 Å². The van der Waals surface area contributed by atoms with Gasteiger partial charge >= 0.3 is 0 Å². The van der Waals surface area contributed by atoms with E-state index in [0.717, 1.165) is 6.54 Å². The lowest BCUT2D eigenvalue weighted by atomic mass is 10.1. The van der Waals surface area contributed by atoms with Crippen molar-refractivity contribution in [1.82, 2.24) is 0 Å². The second-order valence-electron chi connectivity index (χ2n) is 5.31. The lowest BCUT2D eigenvalue weighted by Gasteiger charge is -2.02. The summed E-state index contributed by atoms with van der Waals surface area (Å²) in [6.07, 6.45) is 4.37. The number of pyridine rings is 1. The Hall–Kier alpha value is -1.68. The summed E-state index contributed by atoms with van der Waals surface area (Å²) in [5.41, 5.74) is 5.04. The maximum Gasteiger partial charge on any atom is 0.212 e. The fourth-order valence-electron chi connectivity index (χ4n) is 2.64. The first-order valence-corrected chi connectivity index (χ1v) is 7.44. The zero-order valence-electron chi connectivity index (χ0n) is 13.0. The fraction of sp³-hybridized carbons (Fsp3) is 0.150. The van der Waals surface area contributed by atoms with Crippen LogP contribution in [-0.4, -0.2) is 0 Å². The van der Waals surface area contributed by atoms with E-state index in [9.17, 15) is 0 Å². The van der Waals surface area contributed by atoms with E-state index in [1.807, 2.05) is 0 Å². The van der Waals surface area contributed by atoms with Gasteiger partial charge in [0.2, 0.25) is 11.2 Å². The van der Waals surface area contributed by atoms with E-state index in [-0.39, 0.29) is 24.0 Å². The molecule has 1 nitrogen and oxygen atoms in total. The summed E-state index contributed by atoms with van der Waals surface area (Å²) in [5.74, 6) is 0. The van der Waals surface area contributed by atoms with Gasteiger partial charge in [0.05, 0.1) is 0 Å². The Morgan fingerprint density at radius 1 is 0.864 bits per heavy atom. The number of hydrogen-bond acceptors (Lipinski definition) is 0. The van der Waals surface area contributed by atoms with Gasteiger partial charge in [0.25, 0.3) is 0 Å². The van der Waals surface area contributed by atoms with Crippen molar-refractivity contribution in [2.45, 2.75) is 20.4 Å². The number of hydrogen-bond donors (Lipinski definition) is 0. The molecule has 0 atom stereocenters. The van der Waals surface area contributed by atoms with Gasteiger partial charge in [-0.2, -0.15) is 4.57 Å². The highest BCUT2D eigenvalue weighted by molar-refractivity contribution is 5.77. The van der Waals surface area contributed by atoms with Gasteiger partial charge in [-0.25, -0.2) is 0 Å². The number of fused-ring (bicyclic) bond motifs is 1. The molecule has 0 saturated carbocycles. The molecule has 0 aliphatic rings. The van der Waals surface area contributed by atoms with Gasteiger partial charge in [0, 0.05) is 23.6 Å². The third kappa shape index (κ3) is 3.55. The fourth-order valence-corrected chi connectivity index (χ4v) is 2.64. The third-order valence-electron chi connectivity index (χ3n) is 3.81. The van der Waals surface area contributed by atoms with Gasteiger partial charge in [-0.3, -0.25) is 0 Å². The maximum atomic E-state index is 2.35. The molecule has 112 valence electrons. The Balaban J connectivity index is 0.00000176. The lowest BCUT2D eigenvalue weighted by Crippen LogP contribution is -3.00. The average Bonchev–Trinajstić information content (AvgIpc) is 2.53. The summed E-state index contributed by atoms with van der Waals surface area (Å²) >= 11 is 0. The molecule has 2 aromatic carbocycles. The van der Waals surface area contributed by atoms with Crippen LogP contribution in [0.15, 0.2) is 60.7 Å². The van der Waals surface area contributed by atoms with Crippen molar-refractivity contribution < 1.29 is 28.5 Å². The van der Waals surface area contributed by atoms with Gasteiger partial charge in [-0.1, -0.05) is 42.0 Å². The van der Waals surface area contributed by atoms with E-state index < -0.39 is 0 Å². The first-order valence-electron chi connectivity index (χ1n) is 7.44. The molecule has 0 bridgehead atoms. The SMILES string of the molecule is CC[n+]1c(/C=C/c2ccc(C)cc2)ccc2ccccc21.[I-]. The van der Waals surface area contributed by atoms with Gasteiger partial charge in [0.1, 0.15) is 6.54 Å². The predicted octanol–water partition coefficient (Wildman–Crippen LogP) is 1.63. The Morgan fingerprint density at radius 3 is 2.32 bits per heavy atom. The Bertz CT molecular complexity index is 788. The molecule has 0 radical (unpaired) electrons. The smallest absolute Gasteiger partial charge is 0.212 e. The molecule has 22 heavy (non-hydrogen) atoms. The maximum absolute atomic E-state index is 2.35. The molecule has 0 N–H and O–H groups in total. The van der Waals surface area contributed by atoms with Gasteiger partial charge < -0.3 is 24.0 Å². The monoisotopic (exact) mass is 401 g/mol. The first-order chi connectivity index (χ1) is 10.3. The molecule has 0 fully saturated rings. The van der Waals surface area contributed by atoms with Crippen molar-refractivity contribution in [2.24, 2.45) is 0 Å². The summed E-state index contributed by atoms with van der Waals surface area (Å²) < 4.78 is 2.35. The topological polar surface area (TPSA) is 3.88 Å². The quantitative estimate of drug-likeness (QED) is 0.464. The van der Waals surface area contributed by atoms with Crippen molar-refractivity contribution in [3.8, 4) is 0 Å². The van der Waals surface area contributed by atoms with E-state index in [1.165, 1.54) is 27.7 Å². The van der Waals surface area contributed by atoms with Crippen LogP contribution in [-0.2, 0) is 6.54 Å². The van der Waals surface area contributed by atoms with E-state index in [4.69, 9.17) is 0 Å². The van der Waals surface area contributed by atoms with Crippen LogP contribution in [0.25, 0.3) is 23.1 Å². The normalized spacial score (nSPS) is 10.8. The average molecular weight is 401 g/mol. The van der Waals surface area contributed by atoms with Crippen LogP contribution in [0.4, 0.5) is 0 Å². The third-order valence-corrected chi connectivity index (χ3v) is 3.81. The summed E-state index contributed by atoms with van der Waals surface area (Å²) in [4.78, 5) is 0. The van der Waals surface area contributed by atoms with E-state index in [1.54, 1.807) is 0 Å². The molecular weight excluding hydrogens is 381 g/mol. The highest BCUT2D eigenvalue weighted by atomic mass is 127. The van der Waals surface area contributed by atoms with Crippen molar-refractivity contribution >= 4 is 23.1 Å². The van der Waals surface area contributed by atoms with Crippen molar-refractivity contribution in [1.29, 1.82) is 0 Å². The van der Waals surface area contributed by atoms with Crippen LogP contribution in [0.5, 0.6) is 0 Å². The van der Waals surface area contributed by atoms with Crippen LogP contribution in [0.2, 0.25) is 0 Å². The number of rotatable bonds is 3. The molecule has 3 rings (SSSR count). The van der Waals surface area contributed by atoms with Gasteiger partial charge in [-0.15, -0.1) is 0 Å². The minimum absolute atomic E-state index is 0. The molecule has 2 heteroatoms. The van der Waals surface area contributed by atoms with Crippen molar-refractivity contribution in [2.75, 3.05) is 0 Å². The Morgan fingerprint density at radius 2 is 1.59 bits per heavy atom. The zero-order chi connectivity index (χ0) is 14.7. The summed E-state index contributed by atoms with van der Waals surface area (Å²) in [5, 5.41) is 1.28. The minimum Gasteiger partial charge on any atom is -1.00 e. The molecule has 0 unspecified atom stereocenters. The van der Waals surface area contributed by atoms with Crippen LogP contribution < -0.4 is 28.5 Å². The molecule has 1 aromatic heterocycles. The van der Waals surface area contributed by atoms with Crippen LogP contribution in [0.1, 0.15) is 23.7 Å². The van der Waals surface area contributed by atoms with Crippen molar-refractivity contribution in [3.05, 3.63) is 77.5 Å². The second kappa shape index (κ2) is 7.54. The number of aromatic nitrogens is 1. The number of benzene rings is 2. The molecule has 0 aliphatic carbocycles. The summed E-state index contributed by atoms with van der Waals surface area (Å²) in [7, 11) is 0. The number of aryl methyl sites for hydroxylation is 2. The molecule has 1 heterocycles. The zero-order valence-corrected chi connectivity index (χ0v) is 15.1. The minimum atomic E-state index is 0. The first kappa shape index (κ1) is 16.7. The second-order valence-corrected chi connectivity index (χ2v) is 5.31. The largest absolute Gasteiger partial charge is 1.00 e. The molecule has 0 saturated heterocycles. The Kier molecular flexibility index (Phi) is 5.72. The molecule has 3 aromatic rings. The van der Waals surface area contributed by atoms with E-state index in [0.29, 0.717) is 0 Å². The van der Waals surface area contributed by atoms with Crippen LogP contribution >= 0.6 is 0 Å². The van der Waals surface area contributed by atoms with E-state index in [2.05, 4.69) is 91.2 Å². The highest BCUT2D eigenvalue weighted by Gasteiger charge is 2.10. The van der Waals surface area contributed by atoms with Gasteiger partial charge in [-0.05, 0) is 37.6 Å². The predicted molar refractivity (Wildman–Crippen MR) is 89.9 cm³/mol. The summed E-state index contributed by atoms with van der Waals surface area (Å²) in [6.45, 7) is 5.27. The number of nitrogens with zero attached hydrogens (tertiary/aromatic N) is 1. The van der Waals surface area contributed by atoms with Gasteiger partial charge in [0.15, 0.2) is 0 Å². The molecular formula is C20H20IN. The molecule has 0 amide bonds. The molecule has 0 aliphatic heterocycles. The lowest BCUT2D eigenvalue weighted by molar-refractivity contribution is -0.669. The standard InChI is InChI=1S/C20H20N.HI/c1-3-21-19(14-12-17-10-8-16(2)9-11-17)15-13-18-6-4-5-7-20(18)21;/h4-15H,3H2,1-2H3;1H/q+1;/p-1/b14-12+;. The molecule has 0 spiro atoms. The van der Waals surface area contributed by atoms with E-state index >= 15 is 0 Å². The van der Waals surface area contributed by atoms with Crippen LogP contribution in [0.3, 0.4) is 0 Å². The summed E-state index contributed by atoms with van der Waals surface area (Å²) in [6, 6.07) is 21.5.